The van der Waals surface area contributed by atoms with Gasteiger partial charge < -0.3 is 5.32 Å². The molecule has 0 amide bonds. The highest BCUT2D eigenvalue weighted by molar-refractivity contribution is 5.65. The molecule has 0 fully saturated rings. The summed E-state index contributed by atoms with van der Waals surface area (Å²) in [6.45, 7) is 6.76. The zero-order valence-corrected chi connectivity index (χ0v) is 13.4. The van der Waals surface area contributed by atoms with Gasteiger partial charge in [0.05, 0.1) is 0 Å². The zero-order valence-electron chi connectivity index (χ0n) is 13.4. The van der Waals surface area contributed by atoms with E-state index in [-0.39, 0.29) is 5.41 Å². The number of hydrogen-bond donors (Lipinski definition) is 1. The first-order valence-corrected chi connectivity index (χ1v) is 8.02. The minimum absolute atomic E-state index is 0.213. The van der Waals surface area contributed by atoms with Crippen molar-refractivity contribution in [2.75, 3.05) is 5.32 Å². The van der Waals surface area contributed by atoms with Crippen molar-refractivity contribution in [2.24, 2.45) is 0 Å². The molecule has 0 aromatic heterocycles. The first-order chi connectivity index (χ1) is 10.0. The molecule has 1 N–H and O–H groups in total. The zero-order chi connectivity index (χ0) is 14.9. The average Bonchev–Trinajstić information content (AvgIpc) is 2.47. The largest absolute Gasteiger partial charge is 0.355 e. The van der Waals surface area contributed by atoms with E-state index in [9.17, 15) is 0 Å². The van der Waals surface area contributed by atoms with E-state index in [2.05, 4.69) is 68.6 Å². The molecule has 0 unspecified atom stereocenters. The van der Waals surface area contributed by atoms with Gasteiger partial charge in [-0.2, -0.15) is 0 Å². The second kappa shape index (κ2) is 5.55. The van der Waals surface area contributed by atoms with Gasteiger partial charge in [0.15, 0.2) is 0 Å². The first-order valence-electron chi connectivity index (χ1n) is 8.02. The van der Waals surface area contributed by atoms with Crippen LogP contribution in [0.4, 0.5) is 11.4 Å². The molecule has 0 saturated heterocycles. The molecule has 0 saturated carbocycles. The molecule has 0 heterocycles. The third-order valence-corrected chi connectivity index (χ3v) is 4.43. The van der Waals surface area contributed by atoms with Crippen LogP contribution < -0.4 is 5.32 Å². The highest BCUT2D eigenvalue weighted by Crippen LogP contribution is 2.30. The van der Waals surface area contributed by atoms with Crippen LogP contribution in [0.5, 0.6) is 0 Å². The Bertz CT molecular complexity index is 617. The number of nitrogens with one attached hydrogen (secondary N) is 1. The van der Waals surface area contributed by atoms with Crippen molar-refractivity contribution in [1.29, 1.82) is 0 Å². The second-order valence-electron chi connectivity index (χ2n) is 7.10. The number of benzene rings is 2. The normalized spacial score (nSPS) is 14.6. The summed E-state index contributed by atoms with van der Waals surface area (Å²) < 4.78 is 0. The Morgan fingerprint density at radius 1 is 0.857 bits per heavy atom. The lowest BCUT2D eigenvalue weighted by atomic mass is 9.87. The van der Waals surface area contributed by atoms with E-state index >= 15 is 0 Å². The lowest BCUT2D eigenvalue weighted by Crippen LogP contribution is -2.10. The van der Waals surface area contributed by atoms with Gasteiger partial charge in [0.2, 0.25) is 0 Å². The van der Waals surface area contributed by atoms with Gasteiger partial charge >= 0.3 is 0 Å². The quantitative estimate of drug-likeness (QED) is 0.753. The topological polar surface area (TPSA) is 12.0 Å². The lowest BCUT2D eigenvalue weighted by Gasteiger charge is -2.21. The van der Waals surface area contributed by atoms with Gasteiger partial charge in [0.1, 0.15) is 0 Å². The van der Waals surface area contributed by atoms with Crippen LogP contribution in [0.15, 0.2) is 42.5 Å². The highest BCUT2D eigenvalue weighted by atomic mass is 14.9. The van der Waals surface area contributed by atoms with Crippen molar-refractivity contribution in [3.8, 4) is 0 Å². The highest BCUT2D eigenvalue weighted by Gasteiger charge is 2.14. The van der Waals surface area contributed by atoms with E-state index in [0.717, 1.165) is 0 Å². The molecule has 1 aliphatic rings. The van der Waals surface area contributed by atoms with Crippen LogP contribution in [0.1, 0.15) is 50.3 Å². The Kier molecular flexibility index (Phi) is 3.75. The first kappa shape index (κ1) is 14.2. The van der Waals surface area contributed by atoms with Gasteiger partial charge in [-0.1, -0.05) is 45.0 Å². The molecule has 0 atom stereocenters. The van der Waals surface area contributed by atoms with Crippen molar-refractivity contribution in [1.82, 2.24) is 0 Å². The molecule has 2 aromatic carbocycles. The third-order valence-electron chi connectivity index (χ3n) is 4.43. The molecular formula is C20H25N. The van der Waals surface area contributed by atoms with Crippen LogP contribution in [0, 0.1) is 0 Å². The fourth-order valence-corrected chi connectivity index (χ4v) is 3.11. The van der Waals surface area contributed by atoms with E-state index in [0.29, 0.717) is 0 Å². The molecule has 21 heavy (non-hydrogen) atoms. The summed E-state index contributed by atoms with van der Waals surface area (Å²) in [5, 5.41) is 3.61. The van der Waals surface area contributed by atoms with Crippen molar-refractivity contribution in [3.05, 3.63) is 59.2 Å². The van der Waals surface area contributed by atoms with Crippen LogP contribution in [-0.4, -0.2) is 0 Å². The Labute approximate surface area is 128 Å². The maximum absolute atomic E-state index is 3.61. The second-order valence-corrected chi connectivity index (χ2v) is 7.10. The monoisotopic (exact) mass is 279 g/mol. The van der Waals surface area contributed by atoms with Gasteiger partial charge in [-0.05, 0) is 66.0 Å². The van der Waals surface area contributed by atoms with Crippen molar-refractivity contribution >= 4 is 11.4 Å². The van der Waals surface area contributed by atoms with Crippen molar-refractivity contribution < 1.29 is 0 Å². The number of fused-ring (bicyclic) bond motifs is 1. The summed E-state index contributed by atoms with van der Waals surface area (Å²) in [6, 6.07) is 15.5. The summed E-state index contributed by atoms with van der Waals surface area (Å²) in [6.07, 6.45) is 5.08. The Morgan fingerprint density at radius 2 is 1.57 bits per heavy atom. The van der Waals surface area contributed by atoms with Gasteiger partial charge in [0, 0.05) is 11.4 Å². The summed E-state index contributed by atoms with van der Waals surface area (Å²) in [5.74, 6) is 0. The predicted octanol–water partition coefficient (Wildman–Crippen LogP) is 5.61. The number of anilines is 2. The molecule has 2 aromatic rings. The Morgan fingerprint density at radius 3 is 2.29 bits per heavy atom. The Balaban J connectivity index is 1.84. The van der Waals surface area contributed by atoms with Crippen molar-refractivity contribution in [2.45, 2.75) is 51.9 Å². The average molecular weight is 279 g/mol. The van der Waals surface area contributed by atoms with E-state index in [1.54, 1.807) is 0 Å². The summed E-state index contributed by atoms with van der Waals surface area (Å²) >= 11 is 0. The van der Waals surface area contributed by atoms with Gasteiger partial charge in [-0.25, -0.2) is 0 Å². The molecule has 0 spiro atoms. The van der Waals surface area contributed by atoms with Gasteiger partial charge in [0.25, 0.3) is 0 Å². The fourth-order valence-electron chi connectivity index (χ4n) is 3.11. The van der Waals surface area contributed by atoms with E-state index < -0.39 is 0 Å². The molecule has 0 radical (unpaired) electrons. The molecule has 1 heteroatoms. The third kappa shape index (κ3) is 3.12. The van der Waals surface area contributed by atoms with Gasteiger partial charge in [-0.3, -0.25) is 0 Å². The van der Waals surface area contributed by atoms with Crippen LogP contribution in [0.25, 0.3) is 0 Å². The van der Waals surface area contributed by atoms with E-state index in [1.165, 1.54) is 53.7 Å². The lowest BCUT2D eigenvalue weighted by molar-refractivity contribution is 0.590. The number of rotatable bonds is 2. The molecule has 110 valence electrons. The molecule has 3 rings (SSSR count). The molecule has 0 aliphatic heterocycles. The number of hydrogen-bond acceptors (Lipinski definition) is 1. The maximum atomic E-state index is 3.61. The summed E-state index contributed by atoms with van der Waals surface area (Å²) in [4.78, 5) is 0. The SMILES string of the molecule is CC(C)(C)c1ccc(Nc2cccc3c2CCCC3)cc1. The fraction of sp³-hybridized carbons (Fsp3) is 0.400. The summed E-state index contributed by atoms with van der Waals surface area (Å²) in [7, 11) is 0. The minimum atomic E-state index is 0.213. The maximum Gasteiger partial charge on any atom is 0.0419 e. The van der Waals surface area contributed by atoms with Crippen molar-refractivity contribution in [3.63, 3.8) is 0 Å². The van der Waals surface area contributed by atoms with Gasteiger partial charge in [-0.15, -0.1) is 0 Å². The Hall–Kier alpha value is -1.76. The molecule has 1 nitrogen and oxygen atoms in total. The minimum Gasteiger partial charge on any atom is -0.355 e. The van der Waals surface area contributed by atoms with Crippen LogP contribution in [-0.2, 0) is 18.3 Å². The molecular weight excluding hydrogens is 254 g/mol. The van der Waals surface area contributed by atoms with E-state index in [4.69, 9.17) is 0 Å². The predicted molar refractivity (Wildman–Crippen MR) is 91.5 cm³/mol. The molecule has 1 aliphatic carbocycles. The van der Waals surface area contributed by atoms with Crippen LogP contribution in [0.2, 0.25) is 0 Å². The summed E-state index contributed by atoms with van der Waals surface area (Å²) in [5.41, 5.74) is 7.10. The number of aryl methyl sites for hydroxylation is 1. The molecule has 0 bridgehead atoms. The smallest absolute Gasteiger partial charge is 0.0419 e. The van der Waals surface area contributed by atoms with E-state index in [1.807, 2.05) is 0 Å². The standard InChI is InChI=1S/C20H25N/c1-20(2,3)16-11-13-17(14-12-16)21-19-10-6-8-15-7-4-5-9-18(15)19/h6,8,10-14,21H,4-5,7,9H2,1-3H3. The van der Waals surface area contributed by atoms with Crippen LogP contribution in [0.3, 0.4) is 0 Å². The van der Waals surface area contributed by atoms with Crippen LogP contribution >= 0.6 is 0 Å².